The van der Waals surface area contributed by atoms with Crippen molar-refractivity contribution in [1.82, 2.24) is 0 Å². The Morgan fingerprint density at radius 1 is 1.04 bits per heavy atom. The molecular formula is C20H33BO2Si. The van der Waals surface area contributed by atoms with E-state index in [4.69, 9.17) is 9.31 Å². The molecule has 0 aliphatic carbocycles. The Morgan fingerprint density at radius 2 is 1.54 bits per heavy atom. The first kappa shape index (κ1) is 19.5. The Balaban J connectivity index is 2.14. The van der Waals surface area contributed by atoms with Crippen LogP contribution >= 0.6 is 0 Å². The van der Waals surface area contributed by atoms with Crippen molar-refractivity contribution in [1.29, 1.82) is 0 Å². The average Bonchev–Trinajstić information content (AvgIpc) is 2.65. The predicted molar refractivity (Wildman–Crippen MR) is 108 cm³/mol. The van der Waals surface area contributed by atoms with Gasteiger partial charge in [0.05, 0.1) is 19.3 Å². The first-order chi connectivity index (χ1) is 11.0. The van der Waals surface area contributed by atoms with Crippen molar-refractivity contribution < 1.29 is 9.31 Å². The molecule has 0 bridgehead atoms. The van der Waals surface area contributed by atoms with Gasteiger partial charge >= 0.3 is 7.12 Å². The Labute approximate surface area is 149 Å². The molecule has 4 heteroatoms. The van der Waals surface area contributed by atoms with Crippen molar-refractivity contribution >= 4 is 20.4 Å². The molecule has 1 heterocycles. The van der Waals surface area contributed by atoms with Gasteiger partial charge in [-0.15, -0.1) is 6.58 Å². The van der Waals surface area contributed by atoms with Gasteiger partial charge in [0, 0.05) is 0 Å². The summed E-state index contributed by atoms with van der Waals surface area (Å²) >= 11 is 0. The highest BCUT2D eigenvalue weighted by Gasteiger charge is 2.51. The Morgan fingerprint density at radius 3 is 1.96 bits per heavy atom. The van der Waals surface area contributed by atoms with E-state index in [2.05, 4.69) is 78.2 Å². The largest absolute Gasteiger partial charge is 0.458 e. The van der Waals surface area contributed by atoms with Gasteiger partial charge in [0.25, 0.3) is 0 Å². The second-order valence-electron chi connectivity index (χ2n) is 9.01. The van der Waals surface area contributed by atoms with Crippen LogP contribution < -0.4 is 5.19 Å². The molecule has 2 rings (SSSR count). The molecular weight excluding hydrogens is 311 g/mol. The van der Waals surface area contributed by atoms with Gasteiger partial charge in [0.15, 0.2) is 0 Å². The van der Waals surface area contributed by atoms with Gasteiger partial charge < -0.3 is 9.31 Å². The lowest BCUT2D eigenvalue weighted by atomic mass is 9.73. The van der Waals surface area contributed by atoms with Crippen LogP contribution in [-0.4, -0.2) is 26.4 Å². The fourth-order valence-electron chi connectivity index (χ4n) is 3.12. The van der Waals surface area contributed by atoms with E-state index in [0.717, 1.165) is 12.7 Å². The molecule has 1 saturated heterocycles. The highest BCUT2D eigenvalue weighted by atomic mass is 28.3. The highest BCUT2D eigenvalue weighted by Crippen LogP contribution is 2.40. The Hall–Kier alpha value is -0.838. The van der Waals surface area contributed by atoms with Crippen LogP contribution in [0.2, 0.25) is 26.0 Å². The molecule has 0 spiro atoms. The summed E-state index contributed by atoms with van der Waals surface area (Å²) in [5.74, 6) is 0.382. The van der Waals surface area contributed by atoms with Crippen LogP contribution in [0.4, 0.5) is 0 Å². The minimum Gasteiger partial charge on any atom is -0.403 e. The van der Waals surface area contributed by atoms with E-state index in [1.807, 2.05) is 6.08 Å². The lowest BCUT2D eigenvalue weighted by Crippen LogP contribution is -2.41. The van der Waals surface area contributed by atoms with Crippen LogP contribution in [0, 0.1) is 0 Å². The van der Waals surface area contributed by atoms with E-state index in [-0.39, 0.29) is 18.3 Å². The van der Waals surface area contributed by atoms with Crippen molar-refractivity contribution in [3.8, 4) is 0 Å². The van der Waals surface area contributed by atoms with Gasteiger partial charge in [0.2, 0.25) is 0 Å². The number of hydrogen-bond acceptors (Lipinski definition) is 2. The van der Waals surface area contributed by atoms with Crippen molar-refractivity contribution in [2.45, 2.75) is 77.2 Å². The summed E-state index contributed by atoms with van der Waals surface area (Å²) < 4.78 is 12.4. The van der Waals surface area contributed by atoms with Crippen LogP contribution in [0.3, 0.4) is 0 Å². The maximum absolute atomic E-state index is 6.19. The predicted octanol–water partition coefficient (Wildman–Crippen LogP) is 4.98. The molecule has 1 aromatic carbocycles. The number of benzene rings is 1. The molecule has 1 fully saturated rings. The lowest BCUT2D eigenvalue weighted by Gasteiger charge is -2.32. The summed E-state index contributed by atoms with van der Waals surface area (Å²) in [4.78, 5) is 0. The molecule has 1 aromatic rings. The number of hydrogen-bond donors (Lipinski definition) is 0. The smallest absolute Gasteiger partial charge is 0.403 e. The molecule has 0 amide bonds. The molecule has 1 aliphatic rings. The summed E-state index contributed by atoms with van der Waals surface area (Å²) in [6, 6.07) is 9.18. The third-order valence-electron chi connectivity index (χ3n) is 5.48. The monoisotopic (exact) mass is 344 g/mol. The maximum Gasteiger partial charge on any atom is 0.458 e. The van der Waals surface area contributed by atoms with Gasteiger partial charge in [-0.3, -0.25) is 0 Å². The third-order valence-corrected chi connectivity index (χ3v) is 7.54. The minimum atomic E-state index is -1.25. The van der Waals surface area contributed by atoms with Gasteiger partial charge in [-0.25, -0.2) is 0 Å². The van der Waals surface area contributed by atoms with Crippen LogP contribution in [0.25, 0.3) is 0 Å². The van der Waals surface area contributed by atoms with Crippen molar-refractivity contribution in [2.24, 2.45) is 0 Å². The van der Waals surface area contributed by atoms with E-state index in [9.17, 15) is 0 Å². The van der Waals surface area contributed by atoms with Crippen LogP contribution in [0.1, 0.15) is 45.6 Å². The molecule has 1 aliphatic heterocycles. The summed E-state index contributed by atoms with van der Waals surface area (Å²) in [7, 11) is -1.41. The van der Waals surface area contributed by atoms with Crippen molar-refractivity contribution in [3.63, 3.8) is 0 Å². The zero-order chi connectivity index (χ0) is 18.2. The maximum atomic E-state index is 6.19. The summed E-state index contributed by atoms with van der Waals surface area (Å²) in [6.07, 6.45) is 3.81. The van der Waals surface area contributed by atoms with Gasteiger partial charge in [-0.05, 0) is 51.9 Å². The zero-order valence-electron chi connectivity index (χ0n) is 16.5. The second-order valence-corrected chi connectivity index (χ2v) is 14.1. The summed E-state index contributed by atoms with van der Waals surface area (Å²) in [5, 5.41) is 1.50. The van der Waals surface area contributed by atoms with E-state index in [1.54, 1.807) is 0 Å². The SMILES string of the molecule is C=CC[C@@H](CB1OC(C)(C)C(C)(C)O1)c1ccc([Si](C)(C)C)cc1. The van der Waals surface area contributed by atoms with Gasteiger partial charge in [-0.2, -0.15) is 0 Å². The standard InChI is InChI=1S/C20H33BO2Si/c1-9-10-17(15-21-22-19(2,3)20(4,5)23-21)16-11-13-18(14-12-16)24(6,7)8/h9,11-14,17H,1,10,15H2,2-8H3/t17-/m0/s1. The molecule has 0 aromatic heterocycles. The fourth-order valence-corrected chi connectivity index (χ4v) is 4.29. The van der Waals surface area contributed by atoms with Crippen LogP contribution in [-0.2, 0) is 9.31 Å². The van der Waals surface area contributed by atoms with E-state index >= 15 is 0 Å². The Kier molecular flexibility index (Phi) is 5.53. The van der Waals surface area contributed by atoms with Crippen LogP contribution in [0.5, 0.6) is 0 Å². The fraction of sp³-hybridized carbons (Fsp3) is 0.600. The average molecular weight is 344 g/mol. The second kappa shape index (κ2) is 6.81. The van der Waals surface area contributed by atoms with Gasteiger partial charge in [0.1, 0.15) is 0 Å². The van der Waals surface area contributed by atoms with E-state index < -0.39 is 8.07 Å². The first-order valence-corrected chi connectivity index (χ1v) is 12.5. The highest BCUT2D eigenvalue weighted by molar-refractivity contribution is 6.88. The van der Waals surface area contributed by atoms with E-state index in [0.29, 0.717) is 5.92 Å². The molecule has 0 saturated carbocycles. The van der Waals surface area contributed by atoms with Crippen molar-refractivity contribution in [3.05, 3.63) is 42.5 Å². The summed E-state index contributed by atoms with van der Waals surface area (Å²) in [6.45, 7) is 19.5. The summed E-state index contributed by atoms with van der Waals surface area (Å²) in [5.41, 5.74) is 0.822. The lowest BCUT2D eigenvalue weighted by molar-refractivity contribution is 0.00578. The molecule has 0 N–H and O–H groups in total. The molecule has 24 heavy (non-hydrogen) atoms. The van der Waals surface area contributed by atoms with Gasteiger partial charge in [-0.1, -0.05) is 55.2 Å². The van der Waals surface area contributed by atoms with Crippen molar-refractivity contribution in [2.75, 3.05) is 0 Å². The Bertz CT molecular complexity index is 556. The van der Waals surface area contributed by atoms with E-state index in [1.165, 1.54) is 10.8 Å². The normalized spacial score (nSPS) is 20.9. The van der Waals surface area contributed by atoms with Crippen LogP contribution in [0.15, 0.2) is 36.9 Å². The molecule has 1 atom stereocenters. The molecule has 132 valence electrons. The first-order valence-electron chi connectivity index (χ1n) is 9.03. The topological polar surface area (TPSA) is 18.5 Å². The third kappa shape index (κ3) is 4.22. The molecule has 2 nitrogen and oxygen atoms in total. The number of rotatable bonds is 6. The molecule has 0 radical (unpaired) electrons. The quantitative estimate of drug-likeness (QED) is 0.535. The number of allylic oxidation sites excluding steroid dienone is 1. The minimum absolute atomic E-state index is 0.156. The zero-order valence-corrected chi connectivity index (χ0v) is 17.5. The molecule has 0 unspecified atom stereocenters.